The van der Waals surface area contributed by atoms with Gasteiger partial charge in [0, 0.05) is 25.1 Å². The van der Waals surface area contributed by atoms with Gasteiger partial charge in [-0.05, 0) is 79.9 Å². The van der Waals surface area contributed by atoms with E-state index < -0.39 is 6.10 Å². The summed E-state index contributed by atoms with van der Waals surface area (Å²) in [6.07, 6.45) is 0.592. The lowest BCUT2D eigenvalue weighted by Crippen LogP contribution is -2.36. The third kappa shape index (κ3) is 7.13. The SMILES string of the molecule is CNCCC(=O)NCC(O)COc1c(C)cc(-c2noc(-c3scc(CC(C)C)c3C)n2)cc1C. The van der Waals surface area contributed by atoms with Gasteiger partial charge in [-0.15, -0.1) is 11.3 Å². The number of ether oxygens (including phenoxy) is 1. The maximum Gasteiger partial charge on any atom is 0.268 e. The fourth-order valence-electron chi connectivity index (χ4n) is 3.84. The van der Waals surface area contributed by atoms with Crippen molar-refractivity contribution in [3.8, 4) is 27.9 Å². The zero-order chi connectivity index (χ0) is 25.5. The van der Waals surface area contributed by atoms with Gasteiger partial charge in [0.15, 0.2) is 0 Å². The number of carbonyl (C=O) groups excluding carboxylic acids is 1. The molecule has 0 radical (unpaired) electrons. The number of thiophene rings is 1. The Bertz CT molecular complexity index is 1120. The van der Waals surface area contributed by atoms with Crippen LogP contribution in [0.5, 0.6) is 5.75 Å². The molecule has 1 unspecified atom stereocenters. The standard InChI is InChI=1S/C26H36N4O4S/c1-15(2)9-20-14-35-24(18(20)5)26-29-25(30-34-26)19-10-16(3)23(17(4)11-19)33-13-21(31)12-28-22(32)7-8-27-6/h10-11,14-15,21,27,31H,7-9,12-13H2,1-6H3,(H,28,32). The van der Waals surface area contributed by atoms with Gasteiger partial charge in [0.1, 0.15) is 18.5 Å². The average Bonchev–Trinajstić information content (AvgIpc) is 3.42. The van der Waals surface area contributed by atoms with E-state index in [1.165, 1.54) is 11.1 Å². The summed E-state index contributed by atoms with van der Waals surface area (Å²) in [6.45, 7) is 11.2. The van der Waals surface area contributed by atoms with Crippen LogP contribution in [0.15, 0.2) is 22.0 Å². The molecular weight excluding hydrogens is 464 g/mol. The van der Waals surface area contributed by atoms with Gasteiger partial charge < -0.3 is 25.0 Å². The molecule has 0 aliphatic rings. The fourth-order valence-corrected chi connectivity index (χ4v) is 4.87. The lowest BCUT2D eigenvalue weighted by atomic mass is 10.0. The zero-order valence-corrected chi connectivity index (χ0v) is 22.2. The summed E-state index contributed by atoms with van der Waals surface area (Å²) >= 11 is 1.64. The Morgan fingerprint density at radius 3 is 2.60 bits per heavy atom. The van der Waals surface area contributed by atoms with Crippen LogP contribution in [-0.4, -0.2) is 54.0 Å². The summed E-state index contributed by atoms with van der Waals surface area (Å²) in [5, 5.41) is 22.2. The molecule has 2 heterocycles. The Morgan fingerprint density at radius 1 is 1.23 bits per heavy atom. The highest BCUT2D eigenvalue weighted by molar-refractivity contribution is 7.13. The number of nitrogens with zero attached hydrogens (tertiary/aromatic N) is 2. The minimum absolute atomic E-state index is 0.0794. The molecule has 0 bridgehead atoms. The van der Waals surface area contributed by atoms with Crippen molar-refractivity contribution in [2.45, 2.75) is 53.6 Å². The van der Waals surface area contributed by atoms with E-state index in [2.05, 4.69) is 46.9 Å². The highest BCUT2D eigenvalue weighted by atomic mass is 32.1. The van der Waals surface area contributed by atoms with E-state index in [0.29, 0.717) is 36.3 Å². The average molecular weight is 501 g/mol. The molecule has 1 atom stereocenters. The number of amides is 1. The Hall–Kier alpha value is -2.75. The quantitative estimate of drug-likeness (QED) is 0.344. The van der Waals surface area contributed by atoms with Crippen molar-refractivity contribution in [3.05, 3.63) is 39.8 Å². The third-order valence-corrected chi connectivity index (χ3v) is 6.78. The predicted octanol–water partition coefficient (Wildman–Crippen LogP) is 4.05. The van der Waals surface area contributed by atoms with E-state index in [4.69, 9.17) is 9.26 Å². The summed E-state index contributed by atoms with van der Waals surface area (Å²) in [6, 6.07) is 3.91. The van der Waals surface area contributed by atoms with Gasteiger partial charge in [0.25, 0.3) is 5.89 Å². The number of aromatic nitrogens is 2. The summed E-state index contributed by atoms with van der Waals surface area (Å²) < 4.78 is 11.5. The lowest BCUT2D eigenvalue weighted by molar-refractivity contribution is -0.121. The number of benzene rings is 1. The molecule has 3 aromatic rings. The second-order valence-corrected chi connectivity index (χ2v) is 10.2. The molecule has 1 aromatic carbocycles. The molecule has 0 fully saturated rings. The van der Waals surface area contributed by atoms with Gasteiger partial charge in [0.2, 0.25) is 11.7 Å². The minimum atomic E-state index is -0.804. The first-order valence-electron chi connectivity index (χ1n) is 11.9. The molecule has 3 rings (SSSR count). The number of hydrogen-bond donors (Lipinski definition) is 3. The molecular formula is C26H36N4O4S. The third-order valence-electron chi connectivity index (χ3n) is 5.67. The lowest BCUT2D eigenvalue weighted by Gasteiger charge is -2.17. The molecule has 35 heavy (non-hydrogen) atoms. The monoisotopic (exact) mass is 500 g/mol. The van der Waals surface area contributed by atoms with Crippen LogP contribution in [0.1, 0.15) is 42.5 Å². The van der Waals surface area contributed by atoms with E-state index in [9.17, 15) is 9.90 Å². The van der Waals surface area contributed by atoms with E-state index in [0.717, 1.165) is 28.0 Å². The van der Waals surface area contributed by atoms with Crippen LogP contribution in [0.3, 0.4) is 0 Å². The molecule has 9 heteroatoms. The van der Waals surface area contributed by atoms with E-state index in [-0.39, 0.29) is 19.1 Å². The van der Waals surface area contributed by atoms with E-state index >= 15 is 0 Å². The molecule has 0 aliphatic carbocycles. The number of aryl methyl sites for hydroxylation is 2. The number of carbonyl (C=O) groups is 1. The number of hydrogen-bond acceptors (Lipinski definition) is 8. The summed E-state index contributed by atoms with van der Waals surface area (Å²) in [5.74, 6) is 2.24. The molecule has 1 amide bonds. The van der Waals surface area contributed by atoms with Crippen molar-refractivity contribution in [1.29, 1.82) is 0 Å². The molecule has 8 nitrogen and oxygen atoms in total. The van der Waals surface area contributed by atoms with Gasteiger partial charge >= 0.3 is 0 Å². The highest BCUT2D eigenvalue weighted by Gasteiger charge is 2.19. The highest BCUT2D eigenvalue weighted by Crippen LogP contribution is 2.35. The van der Waals surface area contributed by atoms with Crippen LogP contribution in [-0.2, 0) is 11.2 Å². The van der Waals surface area contributed by atoms with Crippen LogP contribution in [0, 0.1) is 26.7 Å². The van der Waals surface area contributed by atoms with Gasteiger partial charge in [-0.3, -0.25) is 4.79 Å². The summed E-state index contributed by atoms with van der Waals surface area (Å²) in [5.41, 5.74) is 5.18. The first kappa shape index (κ1) is 26.8. The van der Waals surface area contributed by atoms with Crippen LogP contribution in [0.2, 0.25) is 0 Å². The van der Waals surface area contributed by atoms with Crippen molar-refractivity contribution in [1.82, 2.24) is 20.8 Å². The van der Waals surface area contributed by atoms with Gasteiger partial charge in [-0.1, -0.05) is 19.0 Å². The number of rotatable bonds is 12. The van der Waals surface area contributed by atoms with Crippen LogP contribution in [0.4, 0.5) is 0 Å². The molecule has 0 saturated heterocycles. The predicted molar refractivity (Wildman–Crippen MR) is 139 cm³/mol. The topological polar surface area (TPSA) is 110 Å². The van der Waals surface area contributed by atoms with Crippen molar-refractivity contribution in [2.75, 3.05) is 26.7 Å². The molecule has 3 N–H and O–H groups in total. The first-order chi connectivity index (χ1) is 16.7. The van der Waals surface area contributed by atoms with Gasteiger partial charge in [-0.25, -0.2) is 0 Å². The van der Waals surface area contributed by atoms with Gasteiger partial charge in [0.05, 0.1) is 4.88 Å². The summed E-state index contributed by atoms with van der Waals surface area (Å²) in [7, 11) is 1.79. The maximum absolute atomic E-state index is 11.7. The van der Waals surface area contributed by atoms with Crippen LogP contribution < -0.4 is 15.4 Å². The van der Waals surface area contributed by atoms with Crippen molar-refractivity contribution >= 4 is 17.2 Å². The van der Waals surface area contributed by atoms with Crippen molar-refractivity contribution in [2.24, 2.45) is 5.92 Å². The van der Waals surface area contributed by atoms with Gasteiger partial charge in [-0.2, -0.15) is 4.98 Å². The van der Waals surface area contributed by atoms with Crippen LogP contribution >= 0.6 is 11.3 Å². The maximum atomic E-state index is 11.7. The van der Waals surface area contributed by atoms with Crippen molar-refractivity contribution in [3.63, 3.8) is 0 Å². The fraction of sp³-hybridized carbons (Fsp3) is 0.500. The Morgan fingerprint density at radius 2 is 1.94 bits per heavy atom. The molecule has 190 valence electrons. The Labute approximate surface area is 211 Å². The smallest absolute Gasteiger partial charge is 0.268 e. The Kier molecular flexibility index (Phi) is 9.42. The summed E-state index contributed by atoms with van der Waals surface area (Å²) in [4.78, 5) is 17.4. The molecule has 0 spiro atoms. The zero-order valence-electron chi connectivity index (χ0n) is 21.4. The molecule has 2 aromatic heterocycles. The first-order valence-corrected chi connectivity index (χ1v) is 12.8. The van der Waals surface area contributed by atoms with E-state index in [1.54, 1.807) is 18.4 Å². The largest absolute Gasteiger partial charge is 0.490 e. The second-order valence-electron chi connectivity index (χ2n) is 9.30. The minimum Gasteiger partial charge on any atom is -0.490 e. The van der Waals surface area contributed by atoms with Crippen molar-refractivity contribution < 1.29 is 19.2 Å². The molecule has 0 aliphatic heterocycles. The molecule has 0 saturated carbocycles. The Balaban J connectivity index is 1.66. The normalized spacial score (nSPS) is 12.2. The van der Waals surface area contributed by atoms with E-state index in [1.807, 2.05) is 26.0 Å². The number of aliphatic hydroxyl groups is 1. The van der Waals surface area contributed by atoms with Crippen LogP contribution in [0.25, 0.3) is 22.2 Å². The number of aliphatic hydroxyl groups excluding tert-OH is 1. The second kappa shape index (κ2) is 12.3. The number of nitrogens with one attached hydrogen (secondary N) is 2.